The van der Waals surface area contributed by atoms with Crippen LogP contribution in [0.4, 0.5) is 11.5 Å². The van der Waals surface area contributed by atoms with Gasteiger partial charge in [-0.05, 0) is 37.1 Å². The highest BCUT2D eigenvalue weighted by atomic mass is 16.5. The van der Waals surface area contributed by atoms with Crippen LogP contribution >= 0.6 is 0 Å². The van der Waals surface area contributed by atoms with Crippen molar-refractivity contribution in [1.82, 2.24) is 9.78 Å². The fourth-order valence-electron chi connectivity index (χ4n) is 2.11. The van der Waals surface area contributed by atoms with Crippen LogP contribution in [0.3, 0.4) is 0 Å². The van der Waals surface area contributed by atoms with Crippen molar-refractivity contribution >= 4 is 29.2 Å². The smallest absolute Gasteiger partial charge is 0.315 e. The Balaban J connectivity index is 1.95. The molecule has 1 heterocycles. The molecule has 0 bridgehead atoms. The molecule has 4 N–H and O–H groups in total. The largest absolute Gasteiger partial charge is 0.494 e. The predicted octanol–water partition coefficient (Wildman–Crippen LogP) is 1.04. The third-order valence-electron chi connectivity index (χ3n) is 3.33. The molecule has 0 fully saturated rings. The summed E-state index contributed by atoms with van der Waals surface area (Å²) in [5.41, 5.74) is 6.34. The van der Waals surface area contributed by atoms with Crippen LogP contribution in [0, 0.1) is 6.92 Å². The molecule has 9 heteroatoms. The zero-order chi connectivity index (χ0) is 19.1. The van der Waals surface area contributed by atoms with E-state index >= 15 is 0 Å². The number of carbonyl (C=O) groups excluding carboxylic acids is 3. The first-order valence-electron chi connectivity index (χ1n) is 8.06. The Morgan fingerprint density at radius 3 is 2.58 bits per heavy atom. The summed E-state index contributed by atoms with van der Waals surface area (Å²) in [6.45, 7) is 4.30. The second-order valence-electron chi connectivity index (χ2n) is 5.60. The van der Waals surface area contributed by atoms with Crippen molar-refractivity contribution in [3.05, 3.63) is 36.0 Å². The Kier molecular flexibility index (Phi) is 6.31. The number of amides is 3. The Labute approximate surface area is 150 Å². The molecule has 2 rings (SSSR count). The minimum Gasteiger partial charge on any atom is -0.494 e. The molecule has 0 atom stereocenters. The van der Waals surface area contributed by atoms with E-state index in [4.69, 9.17) is 10.5 Å². The average Bonchev–Trinajstić information content (AvgIpc) is 3.01. The minimum atomic E-state index is -0.875. The van der Waals surface area contributed by atoms with Crippen LogP contribution in [0.5, 0.6) is 5.75 Å². The maximum Gasteiger partial charge on any atom is 0.315 e. The summed E-state index contributed by atoms with van der Waals surface area (Å²) in [5.74, 6) is -1.43. The molecule has 0 aliphatic heterocycles. The van der Waals surface area contributed by atoms with Crippen molar-refractivity contribution in [2.45, 2.75) is 26.8 Å². The van der Waals surface area contributed by atoms with Crippen LogP contribution in [0.15, 0.2) is 30.5 Å². The number of rotatable bonds is 7. The molecule has 0 unspecified atom stereocenters. The van der Waals surface area contributed by atoms with Crippen molar-refractivity contribution in [3.63, 3.8) is 0 Å². The van der Waals surface area contributed by atoms with Crippen molar-refractivity contribution < 1.29 is 19.1 Å². The summed E-state index contributed by atoms with van der Waals surface area (Å²) >= 11 is 0. The number of hydrogen-bond acceptors (Lipinski definition) is 5. The lowest BCUT2D eigenvalue weighted by Crippen LogP contribution is -2.29. The molecule has 0 saturated carbocycles. The van der Waals surface area contributed by atoms with Gasteiger partial charge in [0.2, 0.25) is 5.91 Å². The second kappa shape index (κ2) is 8.65. The molecule has 0 saturated heterocycles. The van der Waals surface area contributed by atoms with Crippen molar-refractivity contribution in [3.8, 4) is 5.75 Å². The Hall–Kier alpha value is -3.36. The van der Waals surface area contributed by atoms with Gasteiger partial charge in [0.25, 0.3) is 0 Å². The van der Waals surface area contributed by atoms with Gasteiger partial charge in [0.15, 0.2) is 5.82 Å². The predicted molar refractivity (Wildman–Crippen MR) is 95.6 cm³/mol. The number of nitrogens with two attached hydrogens (primary N) is 1. The molecule has 1 aromatic carbocycles. The zero-order valence-corrected chi connectivity index (χ0v) is 14.6. The lowest BCUT2D eigenvalue weighted by atomic mass is 10.2. The van der Waals surface area contributed by atoms with Gasteiger partial charge in [-0.15, -0.1) is 0 Å². The van der Waals surface area contributed by atoms with Crippen LogP contribution in [0.25, 0.3) is 0 Å². The van der Waals surface area contributed by atoms with Gasteiger partial charge in [0, 0.05) is 18.0 Å². The lowest BCUT2D eigenvalue weighted by Gasteiger charge is -2.10. The van der Waals surface area contributed by atoms with E-state index in [1.165, 1.54) is 16.9 Å². The lowest BCUT2D eigenvalue weighted by molar-refractivity contribution is -0.133. The van der Waals surface area contributed by atoms with Gasteiger partial charge in [-0.1, -0.05) is 6.92 Å². The van der Waals surface area contributed by atoms with E-state index in [2.05, 4.69) is 15.7 Å². The van der Waals surface area contributed by atoms with E-state index in [-0.39, 0.29) is 12.4 Å². The minimum absolute atomic E-state index is 0.117. The van der Waals surface area contributed by atoms with E-state index in [0.717, 1.165) is 12.0 Å². The number of aromatic nitrogens is 2. The highest BCUT2D eigenvalue weighted by molar-refractivity contribution is 6.43. The molecule has 9 nitrogen and oxygen atoms in total. The second-order valence-corrected chi connectivity index (χ2v) is 5.60. The third kappa shape index (κ3) is 5.33. The molecule has 0 radical (unpaired) electrons. The maximum absolute atomic E-state index is 12.0. The van der Waals surface area contributed by atoms with Gasteiger partial charge in [0.1, 0.15) is 12.3 Å². The van der Waals surface area contributed by atoms with Crippen molar-refractivity contribution in [2.75, 3.05) is 17.2 Å². The number of benzene rings is 1. The Bertz CT molecular complexity index is 815. The van der Waals surface area contributed by atoms with E-state index in [0.29, 0.717) is 18.0 Å². The van der Waals surface area contributed by atoms with E-state index in [1.54, 1.807) is 25.1 Å². The molecule has 138 valence electrons. The first-order chi connectivity index (χ1) is 12.4. The SMILES string of the molecule is CCCOc1ccc(NC(=O)C(=O)Nc2ccn(CC(N)=O)n2)c(C)c1. The highest BCUT2D eigenvalue weighted by Gasteiger charge is 2.16. The number of nitrogens with one attached hydrogen (secondary N) is 2. The van der Waals surface area contributed by atoms with E-state index in [1.807, 2.05) is 6.92 Å². The maximum atomic E-state index is 12.0. The summed E-state index contributed by atoms with van der Waals surface area (Å²) < 4.78 is 6.78. The standard InChI is InChI=1S/C17H21N5O4/c1-3-8-26-12-4-5-13(11(2)9-12)19-16(24)17(25)20-15-6-7-22(21-15)10-14(18)23/h4-7,9H,3,8,10H2,1-2H3,(H2,18,23)(H,19,24)(H,20,21,25). The molecule has 2 aromatic rings. The highest BCUT2D eigenvalue weighted by Crippen LogP contribution is 2.21. The van der Waals surface area contributed by atoms with Gasteiger partial charge in [-0.25, -0.2) is 0 Å². The Morgan fingerprint density at radius 1 is 1.19 bits per heavy atom. The molecule has 0 aliphatic rings. The van der Waals surface area contributed by atoms with Crippen molar-refractivity contribution in [1.29, 1.82) is 0 Å². The normalized spacial score (nSPS) is 10.2. The molecule has 0 spiro atoms. The number of nitrogens with zero attached hydrogens (tertiary/aromatic N) is 2. The summed E-state index contributed by atoms with van der Waals surface area (Å²) in [5, 5.41) is 8.82. The van der Waals surface area contributed by atoms with Crippen LogP contribution in [0.1, 0.15) is 18.9 Å². The quantitative estimate of drug-likeness (QED) is 0.636. The first kappa shape index (κ1) is 19.0. The average molecular weight is 359 g/mol. The van der Waals surface area contributed by atoms with Gasteiger partial charge >= 0.3 is 11.8 Å². The number of primary amides is 1. The summed E-state index contributed by atoms with van der Waals surface area (Å²) in [4.78, 5) is 34.9. The molecule has 0 aliphatic carbocycles. The van der Waals surface area contributed by atoms with E-state index in [9.17, 15) is 14.4 Å². The van der Waals surface area contributed by atoms with Crippen LogP contribution in [-0.2, 0) is 20.9 Å². The molecular weight excluding hydrogens is 338 g/mol. The number of hydrogen-bond donors (Lipinski definition) is 3. The van der Waals surface area contributed by atoms with Crippen LogP contribution in [-0.4, -0.2) is 34.1 Å². The van der Waals surface area contributed by atoms with Crippen molar-refractivity contribution in [2.24, 2.45) is 5.73 Å². The summed E-state index contributed by atoms with van der Waals surface area (Å²) in [7, 11) is 0. The first-order valence-corrected chi connectivity index (χ1v) is 8.06. The van der Waals surface area contributed by atoms with Gasteiger partial charge in [0.05, 0.1) is 6.61 Å². The molecular formula is C17H21N5O4. The fourth-order valence-corrected chi connectivity index (χ4v) is 2.11. The molecule has 26 heavy (non-hydrogen) atoms. The summed E-state index contributed by atoms with van der Waals surface area (Å²) in [6.07, 6.45) is 2.37. The van der Waals surface area contributed by atoms with Gasteiger partial charge < -0.3 is 21.1 Å². The number of anilines is 2. The van der Waals surface area contributed by atoms with Gasteiger partial charge in [-0.3, -0.25) is 19.1 Å². The Morgan fingerprint density at radius 2 is 1.92 bits per heavy atom. The number of ether oxygens (including phenoxy) is 1. The number of aryl methyl sites for hydroxylation is 1. The fraction of sp³-hybridized carbons (Fsp3) is 0.294. The third-order valence-corrected chi connectivity index (χ3v) is 3.33. The topological polar surface area (TPSA) is 128 Å². The van der Waals surface area contributed by atoms with E-state index < -0.39 is 17.7 Å². The number of carbonyl (C=O) groups is 3. The van der Waals surface area contributed by atoms with Crippen LogP contribution in [0.2, 0.25) is 0 Å². The van der Waals surface area contributed by atoms with Gasteiger partial charge in [-0.2, -0.15) is 5.10 Å². The van der Waals surface area contributed by atoms with Crippen LogP contribution < -0.4 is 21.1 Å². The molecule has 1 aromatic heterocycles. The molecule has 3 amide bonds. The monoisotopic (exact) mass is 359 g/mol. The zero-order valence-electron chi connectivity index (χ0n) is 14.6. The summed E-state index contributed by atoms with van der Waals surface area (Å²) in [6, 6.07) is 6.64.